The molecule has 0 fully saturated rings. The molecular weight excluding hydrogens is 472 g/mol. The first-order valence-electron chi connectivity index (χ1n) is 11.6. The summed E-state index contributed by atoms with van der Waals surface area (Å²) in [4.78, 5) is 21.5. The van der Waals surface area contributed by atoms with Crippen LogP contribution in [0.15, 0.2) is 94.3 Å². The van der Waals surface area contributed by atoms with Crippen LogP contribution < -0.4 is 24.6 Å². The van der Waals surface area contributed by atoms with E-state index >= 15 is 0 Å². The van der Waals surface area contributed by atoms with Crippen LogP contribution in [0.5, 0.6) is 23.4 Å². The second-order valence-corrected chi connectivity index (χ2v) is 8.10. The van der Waals surface area contributed by atoms with E-state index in [-0.39, 0.29) is 18.5 Å². The van der Waals surface area contributed by atoms with Crippen LogP contribution in [-0.4, -0.2) is 24.2 Å². The van der Waals surface area contributed by atoms with Gasteiger partial charge in [-0.3, -0.25) is 0 Å². The second kappa shape index (κ2) is 10.8. The molecule has 37 heavy (non-hydrogen) atoms. The number of rotatable bonds is 9. The van der Waals surface area contributed by atoms with Gasteiger partial charge < -0.3 is 23.4 Å². The molecule has 0 N–H and O–H groups in total. The van der Waals surface area contributed by atoms with Crippen molar-refractivity contribution in [1.82, 2.24) is 9.97 Å². The topological polar surface area (TPSA) is 92.9 Å². The smallest absolute Gasteiger partial charge is 0.336 e. The summed E-state index contributed by atoms with van der Waals surface area (Å²) in [6, 6.07) is 24.3. The van der Waals surface area contributed by atoms with Crippen molar-refractivity contribution in [3.63, 3.8) is 0 Å². The van der Waals surface area contributed by atoms with Gasteiger partial charge in [-0.2, -0.15) is 4.98 Å². The van der Waals surface area contributed by atoms with Crippen molar-refractivity contribution in [2.24, 2.45) is 0 Å². The van der Waals surface area contributed by atoms with Crippen molar-refractivity contribution in [3.05, 3.63) is 107 Å². The lowest BCUT2D eigenvalue weighted by molar-refractivity contribution is 0.259. The number of fused-ring (bicyclic) bond motifs is 1. The summed E-state index contributed by atoms with van der Waals surface area (Å²) < 4.78 is 28.4. The van der Waals surface area contributed by atoms with Crippen molar-refractivity contribution >= 4 is 11.0 Å². The molecule has 186 valence electrons. The van der Waals surface area contributed by atoms with Gasteiger partial charge in [0.25, 0.3) is 0 Å². The highest BCUT2D eigenvalue weighted by molar-refractivity contribution is 5.99. The minimum atomic E-state index is -0.545. The van der Waals surface area contributed by atoms with Crippen LogP contribution in [0.1, 0.15) is 11.1 Å². The number of hydrogen-bond donors (Lipinski definition) is 0. The van der Waals surface area contributed by atoms with Crippen molar-refractivity contribution in [2.45, 2.75) is 13.2 Å². The fraction of sp³-hybridized carbons (Fsp3) is 0.138. The summed E-state index contributed by atoms with van der Waals surface area (Å²) in [5.41, 5.74) is 2.69. The Kier molecular flexibility index (Phi) is 6.98. The lowest BCUT2D eigenvalue weighted by Crippen LogP contribution is -2.06. The fourth-order valence-corrected chi connectivity index (χ4v) is 3.89. The average molecular weight is 497 g/mol. The van der Waals surface area contributed by atoms with E-state index in [9.17, 15) is 4.79 Å². The Hall–Kier alpha value is -4.85. The lowest BCUT2D eigenvalue weighted by Gasteiger charge is -2.15. The zero-order valence-electron chi connectivity index (χ0n) is 20.3. The number of ether oxygens (including phenoxy) is 4. The Morgan fingerprint density at radius 2 is 1.46 bits per heavy atom. The van der Waals surface area contributed by atoms with Crippen LogP contribution in [0.2, 0.25) is 0 Å². The van der Waals surface area contributed by atoms with Gasteiger partial charge in [-0.1, -0.05) is 60.7 Å². The lowest BCUT2D eigenvalue weighted by atomic mass is 10.0. The van der Waals surface area contributed by atoms with Crippen LogP contribution in [0.3, 0.4) is 0 Å². The molecule has 0 saturated carbocycles. The van der Waals surface area contributed by atoms with E-state index in [1.54, 1.807) is 18.3 Å². The van der Waals surface area contributed by atoms with Gasteiger partial charge in [0.2, 0.25) is 5.88 Å². The van der Waals surface area contributed by atoms with E-state index in [0.717, 1.165) is 11.1 Å². The Bertz CT molecular complexity index is 1570. The standard InChI is InChI=1S/C29H24N2O6/c1-33-21-13-24(34-2)27-22(15-26(32)37-25(27)14-21)23-16-30-29(36-18-20-11-7-4-8-12-20)31-28(23)35-17-19-9-5-3-6-10-19/h3-16H,17-18H2,1-2H3. The zero-order valence-corrected chi connectivity index (χ0v) is 20.3. The van der Waals surface area contributed by atoms with Crippen molar-refractivity contribution < 1.29 is 23.4 Å². The number of benzene rings is 3. The maximum absolute atomic E-state index is 12.5. The maximum atomic E-state index is 12.5. The maximum Gasteiger partial charge on any atom is 0.336 e. The second-order valence-electron chi connectivity index (χ2n) is 8.10. The number of methoxy groups -OCH3 is 2. The van der Waals surface area contributed by atoms with Crippen molar-refractivity contribution in [2.75, 3.05) is 14.2 Å². The van der Waals surface area contributed by atoms with Crippen LogP contribution in [-0.2, 0) is 13.2 Å². The normalized spacial score (nSPS) is 10.8. The van der Waals surface area contributed by atoms with Gasteiger partial charge in [-0.25, -0.2) is 9.78 Å². The van der Waals surface area contributed by atoms with Gasteiger partial charge in [0.1, 0.15) is 30.3 Å². The van der Waals surface area contributed by atoms with Gasteiger partial charge >= 0.3 is 11.6 Å². The van der Waals surface area contributed by atoms with Crippen LogP contribution in [0.25, 0.3) is 22.1 Å². The number of nitrogens with zero attached hydrogens (tertiary/aromatic N) is 2. The first-order valence-corrected chi connectivity index (χ1v) is 11.6. The Balaban J connectivity index is 1.60. The molecule has 0 aliphatic carbocycles. The summed E-state index contributed by atoms with van der Waals surface area (Å²) in [5.74, 6) is 1.21. The predicted octanol–water partition coefficient (Wildman–Crippen LogP) is 5.43. The molecule has 0 aliphatic heterocycles. The third-order valence-electron chi connectivity index (χ3n) is 5.69. The van der Waals surface area contributed by atoms with E-state index in [1.807, 2.05) is 60.7 Å². The molecule has 0 amide bonds. The summed E-state index contributed by atoms with van der Waals surface area (Å²) in [6.07, 6.45) is 1.57. The third kappa shape index (κ3) is 5.38. The third-order valence-corrected chi connectivity index (χ3v) is 5.69. The summed E-state index contributed by atoms with van der Waals surface area (Å²) in [5, 5.41) is 0.564. The minimum Gasteiger partial charge on any atom is -0.496 e. The van der Waals surface area contributed by atoms with Crippen LogP contribution in [0, 0.1) is 0 Å². The van der Waals surface area contributed by atoms with Gasteiger partial charge in [-0.05, 0) is 11.1 Å². The molecule has 2 heterocycles. The van der Waals surface area contributed by atoms with E-state index in [4.69, 9.17) is 23.4 Å². The molecule has 5 rings (SSSR count). The first kappa shape index (κ1) is 23.9. The van der Waals surface area contributed by atoms with Crippen LogP contribution >= 0.6 is 0 Å². The molecular formula is C29H24N2O6. The molecule has 3 aromatic carbocycles. The van der Waals surface area contributed by atoms with Gasteiger partial charge in [0, 0.05) is 30.0 Å². The molecule has 5 aromatic rings. The average Bonchev–Trinajstić information content (AvgIpc) is 2.95. The van der Waals surface area contributed by atoms with E-state index in [1.165, 1.54) is 20.3 Å². The quantitative estimate of drug-likeness (QED) is 0.250. The summed E-state index contributed by atoms with van der Waals surface area (Å²) >= 11 is 0. The van der Waals surface area contributed by atoms with Crippen molar-refractivity contribution in [1.29, 1.82) is 0 Å². The Morgan fingerprint density at radius 3 is 2.11 bits per heavy atom. The molecule has 2 aromatic heterocycles. The highest BCUT2D eigenvalue weighted by atomic mass is 16.5. The van der Waals surface area contributed by atoms with E-state index in [2.05, 4.69) is 9.97 Å². The molecule has 8 nitrogen and oxygen atoms in total. The number of hydrogen-bond acceptors (Lipinski definition) is 8. The minimum absolute atomic E-state index is 0.150. The van der Waals surface area contributed by atoms with E-state index < -0.39 is 5.63 Å². The highest BCUT2D eigenvalue weighted by Crippen LogP contribution is 2.40. The summed E-state index contributed by atoms with van der Waals surface area (Å²) in [7, 11) is 3.06. The molecule has 0 bridgehead atoms. The van der Waals surface area contributed by atoms with Gasteiger partial charge in [0.15, 0.2) is 0 Å². The van der Waals surface area contributed by atoms with E-state index in [0.29, 0.717) is 40.2 Å². The van der Waals surface area contributed by atoms with Crippen LogP contribution in [0.4, 0.5) is 0 Å². The van der Waals surface area contributed by atoms with Gasteiger partial charge in [-0.15, -0.1) is 0 Å². The molecule has 0 saturated heterocycles. The monoisotopic (exact) mass is 496 g/mol. The number of aromatic nitrogens is 2. The summed E-state index contributed by atoms with van der Waals surface area (Å²) in [6.45, 7) is 0.553. The zero-order chi connectivity index (χ0) is 25.6. The first-order chi connectivity index (χ1) is 18.1. The largest absolute Gasteiger partial charge is 0.496 e. The SMILES string of the molecule is COc1cc(OC)c2c(-c3cnc(OCc4ccccc4)nc3OCc3ccccc3)cc(=O)oc2c1. The molecule has 0 aliphatic rings. The van der Waals surface area contributed by atoms with Gasteiger partial charge in [0.05, 0.1) is 25.2 Å². The molecule has 0 unspecified atom stereocenters. The molecule has 0 atom stereocenters. The highest BCUT2D eigenvalue weighted by Gasteiger charge is 2.20. The molecule has 0 radical (unpaired) electrons. The predicted molar refractivity (Wildman–Crippen MR) is 138 cm³/mol. The fourth-order valence-electron chi connectivity index (χ4n) is 3.89. The molecule has 8 heteroatoms. The molecule has 0 spiro atoms. The Morgan fingerprint density at radius 1 is 0.784 bits per heavy atom. The van der Waals surface area contributed by atoms with Crippen molar-refractivity contribution in [3.8, 4) is 34.5 Å². The Labute approximate surface area is 213 Å².